The van der Waals surface area contributed by atoms with Crippen LogP contribution in [0.4, 0.5) is 16.1 Å². The van der Waals surface area contributed by atoms with Gasteiger partial charge in [0, 0.05) is 5.69 Å². The maximum Gasteiger partial charge on any atom is 0.320 e. The molecule has 0 saturated heterocycles. The van der Waals surface area contributed by atoms with E-state index in [9.17, 15) is 4.39 Å². The van der Waals surface area contributed by atoms with Crippen LogP contribution in [-0.4, -0.2) is 16.7 Å². The van der Waals surface area contributed by atoms with Crippen molar-refractivity contribution in [2.24, 2.45) is 0 Å². The van der Waals surface area contributed by atoms with Crippen LogP contribution in [-0.2, 0) is 0 Å². The van der Waals surface area contributed by atoms with Gasteiger partial charge < -0.3 is 15.1 Å². The standard InChI is InChI=1S/C13H16BrFN4O/c1-3-6-16-8(2)12-18-19-13(20-12)17-9-4-5-11(15)10(14)7-9/h4-5,7-8,16H,3,6H2,1-2H3,(H,17,19). The molecule has 0 bridgehead atoms. The minimum Gasteiger partial charge on any atom is -0.406 e. The van der Waals surface area contributed by atoms with Gasteiger partial charge in [-0.25, -0.2) is 4.39 Å². The van der Waals surface area contributed by atoms with Gasteiger partial charge in [0.2, 0.25) is 5.89 Å². The number of nitrogens with one attached hydrogen (secondary N) is 2. The second-order valence-corrected chi connectivity index (χ2v) is 5.23. The molecular weight excluding hydrogens is 327 g/mol. The van der Waals surface area contributed by atoms with Crippen LogP contribution >= 0.6 is 15.9 Å². The lowest BCUT2D eigenvalue weighted by molar-refractivity contribution is 0.424. The molecule has 0 radical (unpaired) electrons. The highest BCUT2D eigenvalue weighted by Crippen LogP contribution is 2.23. The number of benzene rings is 1. The van der Waals surface area contributed by atoms with E-state index in [0.717, 1.165) is 13.0 Å². The Kier molecular flexibility index (Phi) is 5.08. The number of hydrogen-bond donors (Lipinski definition) is 2. The molecule has 108 valence electrons. The molecule has 0 amide bonds. The van der Waals surface area contributed by atoms with Gasteiger partial charge in [0.25, 0.3) is 0 Å². The fourth-order valence-electron chi connectivity index (χ4n) is 1.61. The molecule has 20 heavy (non-hydrogen) atoms. The highest BCUT2D eigenvalue weighted by atomic mass is 79.9. The second kappa shape index (κ2) is 6.81. The summed E-state index contributed by atoms with van der Waals surface area (Å²) in [6.45, 7) is 4.94. The van der Waals surface area contributed by atoms with Crippen molar-refractivity contribution in [2.45, 2.75) is 26.3 Å². The molecule has 1 atom stereocenters. The van der Waals surface area contributed by atoms with E-state index in [1.54, 1.807) is 12.1 Å². The van der Waals surface area contributed by atoms with Crippen LogP contribution < -0.4 is 10.6 Å². The van der Waals surface area contributed by atoms with E-state index in [1.165, 1.54) is 6.07 Å². The highest BCUT2D eigenvalue weighted by molar-refractivity contribution is 9.10. The lowest BCUT2D eigenvalue weighted by Gasteiger charge is -2.07. The Hall–Kier alpha value is -1.47. The molecule has 0 spiro atoms. The van der Waals surface area contributed by atoms with Crippen molar-refractivity contribution in [3.8, 4) is 0 Å². The first kappa shape index (κ1) is 14.9. The number of halogens is 2. The summed E-state index contributed by atoms with van der Waals surface area (Å²) >= 11 is 3.12. The van der Waals surface area contributed by atoms with Crippen molar-refractivity contribution in [3.05, 3.63) is 34.4 Å². The number of hydrogen-bond acceptors (Lipinski definition) is 5. The lowest BCUT2D eigenvalue weighted by atomic mass is 10.3. The van der Waals surface area contributed by atoms with E-state index in [0.29, 0.717) is 16.1 Å². The maximum absolute atomic E-state index is 13.1. The predicted octanol–water partition coefficient (Wildman–Crippen LogP) is 3.78. The van der Waals surface area contributed by atoms with Gasteiger partial charge in [-0.3, -0.25) is 0 Å². The van der Waals surface area contributed by atoms with Gasteiger partial charge in [-0.1, -0.05) is 12.0 Å². The van der Waals surface area contributed by atoms with Gasteiger partial charge in [0.1, 0.15) is 5.82 Å². The van der Waals surface area contributed by atoms with Gasteiger partial charge in [0.05, 0.1) is 10.5 Å². The molecule has 1 heterocycles. The first-order valence-corrected chi connectivity index (χ1v) is 7.18. The van der Waals surface area contributed by atoms with Crippen LogP contribution in [0.1, 0.15) is 32.2 Å². The molecule has 1 unspecified atom stereocenters. The average Bonchev–Trinajstić information content (AvgIpc) is 2.89. The largest absolute Gasteiger partial charge is 0.406 e. The Morgan fingerprint density at radius 1 is 1.40 bits per heavy atom. The number of anilines is 2. The van der Waals surface area contributed by atoms with Gasteiger partial charge in [-0.2, -0.15) is 0 Å². The molecule has 2 N–H and O–H groups in total. The van der Waals surface area contributed by atoms with Gasteiger partial charge in [-0.05, 0) is 54.0 Å². The second-order valence-electron chi connectivity index (χ2n) is 4.38. The fraction of sp³-hybridized carbons (Fsp3) is 0.385. The zero-order chi connectivity index (χ0) is 14.5. The van der Waals surface area contributed by atoms with E-state index in [4.69, 9.17) is 4.42 Å². The molecule has 1 aromatic carbocycles. The normalized spacial score (nSPS) is 12.4. The van der Waals surface area contributed by atoms with Crippen molar-refractivity contribution in [1.29, 1.82) is 0 Å². The fourth-order valence-corrected chi connectivity index (χ4v) is 1.98. The summed E-state index contributed by atoms with van der Waals surface area (Å²) in [5.74, 6) is 0.196. The third kappa shape index (κ3) is 3.77. The Bertz CT molecular complexity index is 575. The summed E-state index contributed by atoms with van der Waals surface area (Å²) in [6, 6.07) is 4.84. The van der Waals surface area contributed by atoms with E-state index >= 15 is 0 Å². The average molecular weight is 343 g/mol. The quantitative estimate of drug-likeness (QED) is 0.836. The zero-order valence-electron chi connectivity index (χ0n) is 11.3. The Morgan fingerprint density at radius 3 is 2.90 bits per heavy atom. The molecule has 0 saturated carbocycles. The topological polar surface area (TPSA) is 63.0 Å². The molecular formula is C13H16BrFN4O. The van der Waals surface area contributed by atoms with Crippen molar-refractivity contribution >= 4 is 27.6 Å². The SMILES string of the molecule is CCCNC(C)c1nnc(Nc2ccc(F)c(Br)c2)o1. The smallest absolute Gasteiger partial charge is 0.320 e. The number of aromatic nitrogens is 2. The van der Waals surface area contributed by atoms with Crippen LogP contribution in [0.3, 0.4) is 0 Å². The van der Waals surface area contributed by atoms with Crippen molar-refractivity contribution in [1.82, 2.24) is 15.5 Å². The lowest BCUT2D eigenvalue weighted by Crippen LogP contribution is -2.19. The zero-order valence-corrected chi connectivity index (χ0v) is 12.9. The van der Waals surface area contributed by atoms with Crippen LogP contribution in [0.25, 0.3) is 0 Å². The molecule has 2 aromatic rings. The summed E-state index contributed by atoms with van der Waals surface area (Å²) in [5.41, 5.74) is 0.669. The summed E-state index contributed by atoms with van der Waals surface area (Å²) in [6.07, 6.45) is 1.03. The Morgan fingerprint density at radius 2 is 2.20 bits per heavy atom. The Labute approximate surface area is 125 Å². The molecule has 2 rings (SSSR count). The molecule has 1 aromatic heterocycles. The van der Waals surface area contributed by atoms with E-state index < -0.39 is 0 Å². The minimum absolute atomic E-state index is 0.00189. The van der Waals surface area contributed by atoms with E-state index in [-0.39, 0.29) is 17.9 Å². The number of nitrogens with zero attached hydrogens (tertiary/aromatic N) is 2. The predicted molar refractivity (Wildman–Crippen MR) is 78.4 cm³/mol. The number of rotatable bonds is 6. The highest BCUT2D eigenvalue weighted by Gasteiger charge is 2.13. The minimum atomic E-state index is -0.320. The van der Waals surface area contributed by atoms with Gasteiger partial charge >= 0.3 is 6.01 Å². The summed E-state index contributed by atoms with van der Waals surface area (Å²) in [7, 11) is 0. The molecule has 0 aliphatic heterocycles. The maximum atomic E-state index is 13.1. The Balaban J connectivity index is 2.03. The summed E-state index contributed by atoms with van der Waals surface area (Å²) < 4.78 is 19.0. The monoisotopic (exact) mass is 342 g/mol. The molecule has 0 fully saturated rings. The molecule has 0 aliphatic rings. The molecule has 7 heteroatoms. The van der Waals surface area contributed by atoms with E-state index in [1.807, 2.05) is 6.92 Å². The summed E-state index contributed by atoms with van der Waals surface area (Å²) in [5, 5.41) is 14.1. The molecule has 5 nitrogen and oxygen atoms in total. The van der Waals surface area contributed by atoms with Gasteiger partial charge in [0.15, 0.2) is 0 Å². The van der Waals surface area contributed by atoms with Crippen molar-refractivity contribution in [3.63, 3.8) is 0 Å². The van der Waals surface area contributed by atoms with Crippen LogP contribution in [0.15, 0.2) is 27.1 Å². The molecule has 0 aliphatic carbocycles. The van der Waals surface area contributed by atoms with Crippen LogP contribution in [0.2, 0.25) is 0 Å². The third-order valence-electron chi connectivity index (χ3n) is 2.68. The first-order valence-electron chi connectivity index (χ1n) is 6.39. The summed E-state index contributed by atoms with van der Waals surface area (Å²) in [4.78, 5) is 0. The van der Waals surface area contributed by atoms with Crippen molar-refractivity contribution < 1.29 is 8.81 Å². The van der Waals surface area contributed by atoms with Crippen LogP contribution in [0.5, 0.6) is 0 Å². The first-order chi connectivity index (χ1) is 9.60. The third-order valence-corrected chi connectivity index (χ3v) is 3.29. The van der Waals surface area contributed by atoms with Crippen molar-refractivity contribution in [2.75, 3.05) is 11.9 Å². The van der Waals surface area contributed by atoms with Gasteiger partial charge in [-0.15, -0.1) is 5.10 Å². The van der Waals surface area contributed by atoms with Crippen LogP contribution in [0, 0.1) is 5.82 Å². The van der Waals surface area contributed by atoms with E-state index in [2.05, 4.69) is 43.7 Å².